The summed E-state index contributed by atoms with van der Waals surface area (Å²) in [6.45, 7) is 4.95. The Morgan fingerprint density at radius 2 is 1.56 bits per heavy atom. The standard InChI is InChI=1S/C22H27N5/c1-16-10-12-19(13-11-16)24-21-17(2)20(23-3)25-22(26-21)27(4)15-14-18-8-6-5-7-9-18/h5-13H,14-15H2,1-4H3,(H2,23,24,25,26). The highest BCUT2D eigenvalue weighted by molar-refractivity contribution is 5.66. The van der Waals surface area contributed by atoms with Crippen molar-refractivity contribution in [1.82, 2.24) is 9.97 Å². The van der Waals surface area contributed by atoms with E-state index in [1.807, 2.05) is 27.1 Å². The van der Waals surface area contributed by atoms with E-state index in [4.69, 9.17) is 4.98 Å². The van der Waals surface area contributed by atoms with Gasteiger partial charge in [0, 0.05) is 31.9 Å². The van der Waals surface area contributed by atoms with Crippen molar-refractivity contribution >= 4 is 23.3 Å². The number of aromatic nitrogens is 2. The highest BCUT2D eigenvalue weighted by Gasteiger charge is 2.13. The molecule has 27 heavy (non-hydrogen) atoms. The summed E-state index contributed by atoms with van der Waals surface area (Å²) in [6, 6.07) is 18.8. The van der Waals surface area contributed by atoms with Crippen molar-refractivity contribution in [1.29, 1.82) is 0 Å². The molecule has 5 nitrogen and oxygen atoms in total. The Bertz CT molecular complexity index is 875. The van der Waals surface area contributed by atoms with E-state index >= 15 is 0 Å². The quantitative estimate of drug-likeness (QED) is 0.646. The molecular formula is C22H27N5. The average molecular weight is 361 g/mol. The normalized spacial score (nSPS) is 10.5. The summed E-state index contributed by atoms with van der Waals surface area (Å²) in [6.07, 6.45) is 0.949. The lowest BCUT2D eigenvalue weighted by Gasteiger charge is -2.20. The molecule has 1 aromatic heterocycles. The van der Waals surface area contributed by atoms with Gasteiger partial charge in [0.1, 0.15) is 11.6 Å². The molecule has 3 aromatic rings. The number of hydrogen-bond donors (Lipinski definition) is 2. The molecule has 2 N–H and O–H groups in total. The molecule has 0 amide bonds. The second-order valence-electron chi connectivity index (χ2n) is 6.74. The smallest absolute Gasteiger partial charge is 0.229 e. The van der Waals surface area contributed by atoms with Crippen LogP contribution in [-0.2, 0) is 6.42 Å². The summed E-state index contributed by atoms with van der Waals surface area (Å²) in [5.41, 5.74) is 4.56. The van der Waals surface area contributed by atoms with E-state index in [9.17, 15) is 0 Å². The van der Waals surface area contributed by atoms with Gasteiger partial charge in [-0.1, -0.05) is 48.0 Å². The third-order valence-electron chi connectivity index (χ3n) is 4.61. The van der Waals surface area contributed by atoms with E-state index in [1.54, 1.807) is 0 Å². The molecule has 0 unspecified atom stereocenters. The van der Waals surface area contributed by atoms with Gasteiger partial charge in [0.25, 0.3) is 0 Å². The van der Waals surface area contributed by atoms with Gasteiger partial charge >= 0.3 is 0 Å². The summed E-state index contributed by atoms with van der Waals surface area (Å²) in [4.78, 5) is 11.5. The van der Waals surface area contributed by atoms with Crippen LogP contribution in [0.3, 0.4) is 0 Å². The zero-order valence-corrected chi connectivity index (χ0v) is 16.5. The molecule has 5 heteroatoms. The van der Waals surface area contributed by atoms with Crippen LogP contribution >= 0.6 is 0 Å². The van der Waals surface area contributed by atoms with E-state index in [2.05, 4.69) is 76.0 Å². The van der Waals surface area contributed by atoms with Crippen molar-refractivity contribution in [3.05, 3.63) is 71.3 Å². The summed E-state index contributed by atoms with van der Waals surface area (Å²) in [5.74, 6) is 2.36. The first-order valence-corrected chi connectivity index (χ1v) is 9.22. The van der Waals surface area contributed by atoms with E-state index in [0.717, 1.165) is 35.9 Å². The third kappa shape index (κ3) is 4.76. The van der Waals surface area contributed by atoms with E-state index in [0.29, 0.717) is 5.95 Å². The average Bonchev–Trinajstić information content (AvgIpc) is 2.70. The van der Waals surface area contributed by atoms with Crippen LogP contribution in [0.2, 0.25) is 0 Å². The minimum atomic E-state index is 0.704. The summed E-state index contributed by atoms with van der Waals surface area (Å²) < 4.78 is 0. The lowest BCUT2D eigenvalue weighted by atomic mass is 10.1. The van der Waals surface area contributed by atoms with Crippen LogP contribution in [-0.4, -0.2) is 30.6 Å². The summed E-state index contributed by atoms with van der Waals surface area (Å²) >= 11 is 0. The highest BCUT2D eigenvalue weighted by atomic mass is 15.3. The summed E-state index contributed by atoms with van der Waals surface area (Å²) in [5, 5.41) is 6.61. The first-order valence-electron chi connectivity index (χ1n) is 9.22. The van der Waals surface area contributed by atoms with E-state index in [1.165, 1.54) is 11.1 Å². The molecule has 0 fully saturated rings. The molecule has 0 saturated carbocycles. The van der Waals surface area contributed by atoms with Crippen molar-refractivity contribution in [2.24, 2.45) is 0 Å². The van der Waals surface area contributed by atoms with Crippen LogP contribution in [0.4, 0.5) is 23.3 Å². The van der Waals surface area contributed by atoms with Crippen LogP contribution < -0.4 is 15.5 Å². The highest BCUT2D eigenvalue weighted by Crippen LogP contribution is 2.26. The number of anilines is 4. The molecule has 0 aliphatic rings. The molecule has 2 aromatic carbocycles. The lowest BCUT2D eigenvalue weighted by Crippen LogP contribution is -2.23. The molecule has 0 spiro atoms. The predicted molar refractivity (Wildman–Crippen MR) is 114 cm³/mol. The number of rotatable bonds is 7. The second kappa shape index (κ2) is 8.54. The minimum absolute atomic E-state index is 0.704. The Labute approximate surface area is 161 Å². The number of benzene rings is 2. The fourth-order valence-electron chi connectivity index (χ4n) is 2.86. The van der Waals surface area contributed by atoms with Crippen molar-refractivity contribution in [2.45, 2.75) is 20.3 Å². The first-order chi connectivity index (χ1) is 13.1. The molecule has 3 rings (SSSR count). The Morgan fingerprint density at radius 1 is 0.889 bits per heavy atom. The topological polar surface area (TPSA) is 53.1 Å². The number of likely N-dealkylation sites (N-methyl/N-ethyl adjacent to an activating group) is 1. The Kier molecular flexibility index (Phi) is 5.91. The largest absolute Gasteiger partial charge is 0.373 e. The number of nitrogens with one attached hydrogen (secondary N) is 2. The maximum Gasteiger partial charge on any atom is 0.229 e. The third-order valence-corrected chi connectivity index (χ3v) is 4.61. The fraction of sp³-hybridized carbons (Fsp3) is 0.273. The van der Waals surface area contributed by atoms with Crippen molar-refractivity contribution < 1.29 is 0 Å². The first kappa shape index (κ1) is 18.7. The van der Waals surface area contributed by atoms with Gasteiger partial charge in [0.2, 0.25) is 5.95 Å². The molecule has 1 heterocycles. The van der Waals surface area contributed by atoms with Gasteiger partial charge < -0.3 is 15.5 Å². The molecule has 0 bridgehead atoms. The molecule has 0 aliphatic carbocycles. The van der Waals surface area contributed by atoms with Gasteiger partial charge in [0.15, 0.2) is 0 Å². The Hall–Kier alpha value is -3.08. The van der Waals surface area contributed by atoms with Gasteiger partial charge in [-0.05, 0) is 38.0 Å². The van der Waals surface area contributed by atoms with E-state index < -0.39 is 0 Å². The minimum Gasteiger partial charge on any atom is -0.373 e. The maximum absolute atomic E-state index is 4.77. The monoisotopic (exact) mass is 361 g/mol. The predicted octanol–water partition coefficient (Wildman–Crippen LogP) is 4.56. The van der Waals surface area contributed by atoms with Crippen LogP contribution in [0.1, 0.15) is 16.7 Å². The van der Waals surface area contributed by atoms with Gasteiger partial charge in [-0.3, -0.25) is 0 Å². The van der Waals surface area contributed by atoms with Crippen molar-refractivity contribution in [3.63, 3.8) is 0 Å². The molecule has 0 saturated heterocycles. The lowest BCUT2D eigenvalue weighted by molar-refractivity contribution is 0.838. The van der Waals surface area contributed by atoms with Crippen LogP contribution in [0.15, 0.2) is 54.6 Å². The Balaban J connectivity index is 1.81. The molecule has 140 valence electrons. The van der Waals surface area contributed by atoms with Crippen molar-refractivity contribution in [3.8, 4) is 0 Å². The van der Waals surface area contributed by atoms with Crippen LogP contribution in [0.25, 0.3) is 0 Å². The molecule has 0 radical (unpaired) electrons. The van der Waals surface area contributed by atoms with Gasteiger partial charge in [-0.25, -0.2) is 0 Å². The molecular weight excluding hydrogens is 334 g/mol. The Morgan fingerprint density at radius 3 is 2.22 bits per heavy atom. The van der Waals surface area contributed by atoms with E-state index in [-0.39, 0.29) is 0 Å². The number of hydrogen-bond acceptors (Lipinski definition) is 5. The van der Waals surface area contributed by atoms with Gasteiger partial charge in [0.05, 0.1) is 0 Å². The van der Waals surface area contributed by atoms with Crippen molar-refractivity contribution in [2.75, 3.05) is 36.2 Å². The zero-order chi connectivity index (χ0) is 19.2. The van der Waals surface area contributed by atoms with Gasteiger partial charge in [-0.15, -0.1) is 0 Å². The molecule has 0 aliphatic heterocycles. The maximum atomic E-state index is 4.77. The zero-order valence-electron chi connectivity index (χ0n) is 16.5. The SMILES string of the molecule is CNc1nc(N(C)CCc2ccccc2)nc(Nc2ccc(C)cc2)c1C. The second-order valence-corrected chi connectivity index (χ2v) is 6.74. The van der Waals surface area contributed by atoms with Crippen LogP contribution in [0.5, 0.6) is 0 Å². The number of aryl methyl sites for hydroxylation is 1. The fourth-order valence-corrected chi connectivity index (χ4v) is 2.86. The number of nitrogens with zero attached hydrogens (tertiary/aromatic N) is 3. The van der Waals surface area contributed by atoms with Crippen LogP contribution in [0, 0.1) is 13.8 Å². The summed E-state index contributed by atoms with van der Waals surface area (Å²) in [7, 11) is 3.92. The molecule has 0 atom stereocenters. The van der Waals surface area contributed by atoms with Gasteiger partial charge in [-0.2, -0.15) is 9.97 Å².